The molecule has 0 aliphatic heterocycles. The van der Waals surface area contributed by atoms with Crippen LogP contribution in [0.25, 0.3) is 0 Å². The summed E-state index contributed by atoms with van der Waals surface area (Å²) in [6, 6.07) is 6.43. The van der Waals surface area contributed by atoms with E-state index in [0.717, 1.165) is 6.20 Å². The average Bonchev–Trinajstić information content (AvgIpc) is 2.57. The van der Waals surface area contributed by atoms with Gasteiger partial charge in [0, 0.05) is 18.0 Å². The van der Waals surface area contributed by atoms with E-state index in [1.54, 1.807) is 6.07 Å². The maximum atomic E-state index is 12.6. The molecule has 1 N–H and O–H groups in total. The van der Waals surface area contributed by atoms with Gasteiger partial charge in [-0.05, 0) is 24.3 Å². The van der Waals surface area contributed by atoms with E-state index in [0.29, 0.717) is 12.3 Å². The summed E-state index contributed by atoms with van der Waals surface area (Å²) in [7, 11) is 0. The Morgan fingerprint density at radius 2 is 1.85 bits per heavy atom. The van der Waals surface area contributed by atoms with E-state index in [-0.39, 0.29) is 32.0 Å². The highest BCUT2D eigenvalue weighted by Gasteiger charge is 2.31. The van der Waals surface area contributed by atoms with Gasteiger partial charge in [0.25, 0.3) is 0 Å². The fourth-order valence-corrected chi connectivity index (χ4v) is 2.30. The number of halogens is 6. The predicted molar refractivity (Wildman–Crippen MR) is 92.4 cm³/mol. The highest BCUT2D eigenvalue weighted by Crippen LogP contribution is 2.32. The van der Waals surface area contributed by atoms with Crippen LogP contribution in [0, 0.1) is 11.3 Å². The van der Waals surface area contributed by atoms with E-state index in [4.69, 9.17) is 40.1 Å². The number of nitrogens with zero attached hydrogens (tertiary/aromatic N) is 2. The molecule has 1 aromatic heterocycles. The topological polar surface area (TPSA) is 65.8 Å². The quantitative estimate of drug-likeness (QED) is 0.388. The lowest BCUT2D eigenvalue weighted by Crippen LogP contribution is -2.07. The Morgan fingerprint density at radius 1 is 1.15 bits per heavy atom. The van der Waals surface area contributed by atoms with Gasteiger partial charge in [-0.1, -0.05) is 34.8 Å². The molecule has 0 saturated carbocycles. The first-order valence-corrected chi connectivity index (χ1v) is 7.86. The first-order chi connectivity index (χ1) is 12.1. The number of alkyl halides is 3. The van der Waals surface area contributed by atoms with Crippen LogP contribution in [-0.4, -0.2) is 10.8 Å². The number of rotatable bonds is 4. The van der Waals surface area contributed by atoms with E-state index in [1.807, 2.05) is 0 Å². The van der Waals surface area contributed by atoms with Gasteiger partial charge in [-0.3, -0.25) is 4.79 Å². The number of nitriles is 1. The average molecular weight is 421 g/mol. The number of allylic oxidation sites excluding steroid dienone is 1. The van der Waals surface area contributed by atoms with Crippen molar-refractivity contribution in [2.45, 2.75) is 6.18 Å². The largest absolute Gasteiger partial charge is 0.417 e. The van der Waals surface area contributed by atoms with Crippen LogP contribution in [0.15, 0.2) is 42.2 Å². The number of nitrogens with one attached hydrogen (secondary N) is 1. The molecule has 0 saturated heterocycles. The van der Waals surface area contributed by atoms with E-state index in [2.05, 4.69) is 10.3 Å². The van der Waals surface area contributed by atoms with Crippen LogP contribution in [0.5, 0.6) is 0 Å². The third-order valence-corrected chi connectivity index (χ3v) is 4.10. The maximum absolute atomic E-state index is 12.6. The van der Waals surface area contributed by atoms with E-state index in [9.17, 15) is 18.0 Å². The molecule has 0 fully saturated rings. The molecular weight excluding hydrogens is 414 g/mol. The Bertz CT molecular complexity index is 937. The number of aromatic nitrogens is 1. The molecule has 1 heterocycles. The number of Topliss-reactive ketones (excluding diaryl/α,β-unsaturated/α-hetero) is 1. The molecule has 0 aliphatic rings. The fourth-order valence-electron chi connectivity index (χ4n) is 1.78. The summed E-state index contributed by atoms with van der Waals surface area (Å²) in [5.41, 5.74) is -1.24. The smallest absolute Gasteiger partial charge is 0.344 e. The Hall–Kier alpha value is -2.27. The number of hydrogen-bond acceptors (Lipinski definition) is 4. The highest BCUT2D eigenvalue weighted by atomic mass is 35.5. The lowest BCUT2D eigenvalue weighted by atomic mass is 10.1. The minimum Gasteiger partial charge on any atom is -0.344 e. The van der Waals surface area contributed by atoms with Crippen LogP contribution in [0.2, 0.25) is 15.1 Å². The summed E-state index contributed by atoms with van der Waals surface area (Å²) in [5, 5.41) is 11.6. The maximum Gasteiger partial charge on any atom is 0.417 e. The first-order valence-electron chi connectivity index (χ1n) is 6.72. The number of benzene rings is 1. The predicted octanol–water partition coefficient (Wildman–Crippen LogP) is 5.76. The van der Waals surface area contributed by atoms with Gasteiger partial charge in [0.2, 0.25) is 5.78 Å². The van der Waals surface area contributed by atoms with Crippen molar-refractivity contribution >= 4 is 46.4 Å². The number of pyridine rings is 1. The second kappa shape index (κ2) is 7.96. The summed E-state index contributed by atoms with van der Waals surface area (Å²) in [6.07, 6.45) is -3.02. The molecule has 134 valence electrons. The number of carbonyl (C=O) groups excluding carboxylic acids is 1. The SMILES string of the molecule is N#CC(=CNc1ncc(C(F)(F)F)cc1Cl)C(=O)c1ccc(Cl)c(Cl)c1. The number of hydrogen-bond donors (Lipinski definition) is 1. The van der Waals surface area contributed by atoms with Crippen LogP contribution >= 0.6 is 34.8 Å². The van der Waals surface area contributed by atoms with Crippen LogP contribution in [0.4, 0.5) is 19.0 Å². The zero-order chi connectivity index (χ0) is 19.5. The molecule has 0 radical (unpaired) electrons. The normalized spacial score (nSPS) is 11.8. The van der Waals surface area contributed by atoms with Crippen LogP contribution in [0.1, 0.15) is 15.9 Å². The second-order valence-electron chi connectivity index (χ2n) is 4.82. The van der Waals surface area contributed by atoms with Crippen molar-refractivity contribution < 1.29 is 18.0 Å². The summed E-state index contributed by atoms with van der Waals surface area (Å²) in [5.74, 6) is -0.809. The Labute approximate surface area is 160 Å². The van der Waals surface area contributed by atoms with Crippen molar-refractivity contribution in [2.75, 3.05) is 5.32 Å². The molecule has 0 aliphatic carbocycles. The second-order valence-corrected chi connectivity index (χ2v) is 6.05. The molecule has 26 heavy (non-hydrogen) atoms. The molecule has 0 amide bonds. The summed E-state index contributed by atoms with van der Waals surface area (Å²) < 4.78 is 37.8. The van der Waals surface area contributed by atoms with Crippen molar-refractivity contribution in [1.82, 2.24) is 4.98 Å². The molecule has 2 rings (SSSR count). The Balaban J connectivity index is 2.26. The summed E-state index contributed by atoms with van der Waals surface area (Å²) in [6.45, 7) is 0. The van der Waals surface area contributed by atoms with Crippen molar-refractivity contribution in [3.63, 3.8) is 0 Å². The monoisotopic (exact) mass is 419 g/mol. The van der Waals surface area contributed by atoms with Gasteiger partial charge in [0.05, 0.1) is 20.6 Å². The molecule has 0 unspecified atom stereocenters. The van der Waals surface area contributed by atoms with E-state index in [1.165, 1.54) is 18.2 Å². The van der Waals surface area contributed by atoms with Gasteiger partial charge in [-0.15, -0.1) is 0 Å². The number of ketones is 1. The number of anilines is 1. The molecule has 2 aromatic rings. The van der Waals surface area contributed by atoms with Crippen molar-refractivity contribution in [2.24, 2.45) is 0 Å². The molecule has 0 atom stereocenters. The van der Waals surface area contributed by atoms with Gasteiger partial charge in [-0.25, -0.2) is 4.98 Å². The third-order valence-electron chi connectivity index (χ3n) is 3.07. The molecule has 4 nitrogen and oxygen atoms in total. The molecular formula is C16H7Cl3F3N3O. The summed E-state index contributed by atoms with van der Waals surface area (Å²) >= 11 is 17.3. The first kappa shape index (κ1) is 20.0. The Morgan fingerprint density at radius 3 is 2.38 bits per heavy atom. The van der Waals surface area contributed by atoms with Gasteiger partial charge < -0.3 is 5.32 Å². The van der Waals surface area contributed by atoms with Gasteiger partial charge in [0.15, 0.2) is 0 Å². The molecule has 0 spiro atoms. The standard InChI is InChI=1S/C16H7Cl3F3N3O/c17-11-2-1-8(3-12(11)18)14(26)9(5-23)6-24-15-13(19)4-10(7-25-15)16(20,21)22/h1-4,6-7H,(H,24,25). The van der Waals surface area contributed by atoms with Crippen molar-refractivity contribution in [3.8, 4) is 6.07 Å². The highest BCUT2D eigenvalue weighted by molar-refractivity contribution is 6.42. The Kier molecular flexibility index (Phi) is 6.13. The van der Waals surface area contributed by atoms with Gasteiger partial charge in [0.1, 0.15) is 17.5 Å². The van der Waals surface area contributed by atoms with Crippen LogP contribution in [0.3, 0.4) is 0 Å². The number of carbonyl (C=O) groups is 1. The van der Waals surface area contributed by atoms with Crippen molar-refractivity contribution in [1.29, 1.82) is 5.26 Å². The van der Waals surface area contributed by atoms with Crippen LogP contribution < -0.4 is 5.32 Å². The van der Waals surface area contributed by atoms with Gasteiger partial charge >= 0.3 is 6.18 Å². The molecule has 1 aromatic carbocycles. The minimum absolute atomic E-state index is 0.112. The fraction of sp³-hybridized carbons (Fsp3) is 0.0625. The van der Waals surface area contributed by atoms with E-state index < -0.39 is 17.5 Å². The lowest BCUT2D eigenvalue weighted by Gasteiger charge is -2.09. The minimum atomic E-state index is -4.59. The summed E-state index contributed by atoms with van der Waals surface area (Å²) in [4.78, 5) is 15.8. The zero-order valence-corrected chi connectivity index (χ0v) is 14.8. The van der Waals surface area contributed by atoms with Gasteiger partial charge in [-0.2, -0.15) is 18.4 Å². The third kappa shape index (κ3) is 4.67. The van der Waals surface area contributed by atoms with Crippen molar-refractivity contribution in [3.05, 3.63) is 68.4 Å². The lowest BCUT2D eigenvalue weighted by molar-refractivity contribution is -0.137. The van der Waals surface area contributed by atoms with E-state index >= 15 is 0 Å². The molecule has 0 bridgehead atoms. The van der Waals surface area contributed by atoms with Crippen LogP contribution in [-0.2, 0) is 6.18 Å². The molecule has 10 heteroatoms. The zero-order valence-electron chi connectivity index (χ0n) is 12.5.